The Morgan fingerprint density at radius 3 is 2.74 bits per heavy atom. The average molecular weight is 263 g/mol. The number of hydrogen-bond acceptors (Lipinski definition) is 3. The molecule has 2 rings (SSSR count). The van der Waals surface area contributed by atoms with Crippen molar-refractivity contribution >= 4 is 5.69 Å². The summed E-state index contributed by atoms with van der Waals surface area (Å²) in [5, 5.41) is 7.60. The van der Waals surface area contributed by atoms with Gasteiger partial charge < -0.3 is 5.32 Å². The molecule has 0 spiro atoms. The van der Waals surface area contributed by atoms with E-state index >= 15 is 0 Å². The predicted octanol–water partition coefficient (Wildman–Crippen LogP) is 3.18. The van der Waals surface area contributed by atoms with Crippen molar-refractivity contribution in [2.75, 3.05) is 5.32 Å². The molecule has 1 fully saturated rings. The smallest absolute Gasteiger partial charge is 0.268 e. The van der Waals surface area contributed by atoms with Gasteiger partial charge in [0.1, 0.15) is 0 Å². The molecule has 0 unspecified atom stereocenters. The molecule has 0 aliphatic heterocycles. The molecule has 1 aliphatic rings. The highest BCUT2D eigenvalue weighted by molar-refractivity contribution is 5.40. The van der Waals surface area contributed by atoms with Gasteiger partial charge in [0, 0.05) is 18.7 Å². The summed E-state index contributed by atoms with van der Waals surface area (Å²) in [6.45, 7) is 2.95. The molecular formula is C15H25N3O. The molecule has 4 heteroatoms. The van der Waals surface area contributed by atoms with E-state index in [1.807, 2.05) is 0 Å². The van der Waals surface area contributed by atoms with Crippen molar-refractivity contribution in [1.29, 1.82) is 0 Å². The maximum atomic E-state index is 11.9. The standard InChI is InChI=1S/C15H25N3O/c1-2-3-4-5-6-10-18-15(19)11-14(12-16-18)17-13-8-7-9-13/h11-13,17H,2-10H2,1H3. The van der Waals surface area contributed by atoms with Crippen molar-refractivity contribution in [2.24, 2.45) is 0 Å². The first-order valence-electron chi connectivity index (χ1n) is 7.63. The molecule has 0 radical (unpaired) electrons. The Morgan fingerprint density at radius 2 is 2.11 bits per heavy atom. The van der Waals surface area contributed by atoms with Gasteiger partial charge in [-0.25, -0.2) is 4.68 Å². The summed E-state index contributed by atoms with van der Waals surface area (Å²) in [6.07, 6.45) is 11.5. The highest BCUT2D eigenvalue weighted by Crippen LogP contribution is 2.21. The third kappa shape index (κ3) is 4.37. The summed E-state index contributed by atoms with van der Waals surface area (Å²) >= 11 is 0. The van der Waals surface area contributed by atoms with Gasteiger partial charge in [0.05, 0.1) is 11.9 Å². The van der Waals surface area contributed by atoms with E-state index in [0.29, 0.717) is 6.04 Å². The van der Waals surface area contributed by atoms with E-state index in [-0.39, 0.29) is 5.56 Å². The van der Waals surface area contributed by atoms with Gasteiger partial charge in [0.15, 0.2) is 0 Å². The first-order chi connectivity index (χ1) is 9.29. The van der Waals surface area contributed by atoms with E-state index in [1.165, 1.54) is 44.9 Å². The number of nitrogens with zero attached hydrogens (tertiary/aromatic N) is 2. The fourth-order valence-electron chi connectivity index (χ4n) is 2.33. The molecule has 1 aromatic rings. The summed E-state index contributed by atoms with van der Waals surface area (Å²) in [6, 6.07) is 2.23. The normalized spacial score (nSPS) is 15.2. The van der Waals surface area contributed by atoms with Gasteiger partial charge in [-0.2, -0.15) is 5.10 Å². The Balaban J connectivity index is 1.79. The molecule has 0 aromatic carbocycles. The summed E-state index contributed by atoms with van der Waals surface area (Å²) < 4.78 is 1.58. The van der Waals surface area contributed by atoms with Gasteiger partial charge in [0.25, 0.3) is 5.56 Å². The molecule has 19 heavy (non-hydrogen) atoms. The number of unbranched alkanes of at least 4 members (excludes halogenated alkanes) is 4. The van der Waals surface area contributed by atoms with E-state index in [9.17, 15) is 4.79 Å². The SMILES string of the molecule is CCCCCCCn1ncc(NC2CCC2)cc1=O. The maximum absolute atomic E-state index is 11.9. The second-order valence-corrected chi connectivity index (χ2v) is 5.49. The molecule has 4 nitrogen and oxygen atoms in total. The monoisotopic (exact) mass is 263 g/mol. The molecule has 0 saturated heterocycles. The lowest BCUT2D eigenvalue weighted by molar-refractivity contribution is 0.444. The largest absolute Gasteiger partial charge is 0.381 e. The fourth-order valence-corrected chi connectivity index (χ4v) is 2.33. The Kier molecular flexibility index (Phi) is 5.43. The molecule has 1 aliphatic carbocycles. The second kappa shape index (κ2) is 7.31. The number of anilines is 1. The quantitative estimate of drug-likeness (QED) is 0.733. The van der Waals surface area contributed by atoms with Crippen molar-refractivity contribution < 1.29 is 0 Å². The number of nitrogens with one attached hydrogen (secondary N) is 1. The summed E-state index contributed by atoms with van der Waals surface area (Å²) in [7, 11) is 0. The zero-order chi connectivity index (χ0) is 13.5. The van der Waals surface area contributed by atoms with Crippen LogP contribution in [-0.2, 0) is 6.54 Å². The Hall–Kier alpha value is -1.32. The van der Waals surface area contributed by atoms with Gasteiger partial charge in [0.2, 0.25) is 0 Å². The Bertz CT molecular complexity index is 437. The topological polar surface area (TPSA) is 46.9 Å². The zero-order valence-corrected chi connectivity index (χ0v) is 11.9. The van der Waals surface area contributed by atoms with Crippen molar-refractivity contribution in [2.45, 2.75) is 70.9 Å². The van der Waals surface area contributed by atoms with Crippen LogP contribution in [0.25, 0.3) is 0 Å². The summed E-state index contributed by atoms with van der Waals surface area (Å²) in [4.78, 5) is 11.9. The number of hydrogen-bond donors (Lipinski definition) is 1. The molecule has 1 N–H and O–H groups in total. The van der Waals surface area contributed by atoms with Crippen molar-refractivity contribution in [3.05, 3.63) is 22.6 Å². The molecule has 0 atom stereocenters. The molecule has 1 saturated carbocycles. The zero-order valence-electron chi connectivity index (χ0n) is 11.9. The predicted molar refractivity (Wildman–Crippen MR) is 78.5 cm³/mol. The minimum absolute atomic E-state index is 0.0137. The van der Waals surface area contributed by atoms with Crippen LogP contribution in [0.5, 0.6) is 0 Å². The van der Waals surface area contributed by atoms with Crippen molar-refractivity contribution in [3.8, 4) is 0 Å². The van der Waals surface area contributed by atoms with Gasteiger partial charge >= 0.3 is 0 Å². The van der Waals surface area contributed by atoms with Gasteiger partial charge in [-0.15, -0.1) is 0 Å². The van der Waals surface area contributed by atoms with Crippen LogP contribution in [0.4, 0.5) is 5.69 Å². The highest BCUT2D eigenvalue weighted by Gasteiger charge is 2.17. The van der Waals surface area contributed by atoms with E-state index in [2.05, 4.69) is 17.3 Å². The number of aryl methyl sites for hydroxylation is 1. The van der Waals surface area contributed by atoms with E-state index < -0.39 is 0 Å². The van der Waals surface area contributed by atoms with Crippen LogP contribution in [0.2, 0.25) is 0 Å². The van der Waals surface area contributed by atoms with Crippen LogP contribution in [0.1, 0.15) is 58.3 Å². The first-order valence-corrected chi connectivity index (χ1v) is 7.63. The maximum Gasteiger partial charge on any atom is 0.268 e. The highest BCUT2D eigenvalue weighted by atomic mass is 16.1. The average Bonchev–Trinajstić information content (AvgIpc) is 2.36. The molecule has 0 bridgehead atoms. The van der Waals surface area contributed by atoms with E-state index in [1.54, 1.807) is 16.9 Å². The van der Waals surface area contributed by atoms with Crippen LogP contribution in [0.15, 0.2) is 17.1 Å². The van der Waals surface area contributed by atoms with Crippen molar-refractivity contribution in [1.82, 2.24) is 9.78 Å². The first kappa shape index (κ1) is 14.1. The number of aromatic nitrogens is 2. The van der Waals surface area contributed by atoms with Gasteiger partial charge in [-0.1, -0.05) is 32.6 Å². The molecule has 0 amide bonds. The van der Waals surface area contributed by atoms with Gasteiger partial charge in [-0.05, 0) is 25.7 Å². The molecule has 1 heterocycles. The lowest BCUT2D eigenvalue weighted by atomic mass is 9.93. The number of rotatable bonds is 8. The minimum atomic E-state index is 0.0137. The van der Waals surface area contributed by atoms with Gasteiger partial charge in [-0.3, -0.25) is 4.79 Å². The fraction of sp³-hybridized carbons (Fsp3) is 0.733. The van der Waals surface area contributed by atoms with Crippen molar-refractivity contribution in [3.63, 3.8) is 0 Å². The van der Waals surface area contributed by atoms with E-state index in [4.69, 9.17) is 0 Å². The third-order valence-corrected chi connectivity index (χ3v) is 3.82. The summed E-state index contributed by atoms with van der Waals surface area (Å²) in [5.41, 5.74) is 0.886. The molecule has 106 valence electrons. The lowest BCUT2D eigenvalue weighted by Gasteiger charge is -2.27. The lowest BCUT2D eigenvalue weighted by Crippen LogP contribution is -2.29. The Labute approximate surface area is 115 Å². The van der Waals surface area contributed by atoms with Crippen LogP contribution >= 0.6 is 0 Å². The van der Waals surface area contributed by atoms with Crippen LogP contribution in [-0.4, -0.2) is 15.8 Å². The van der Waals surface area contributed by atoms with Crippen LogP contribution in [0.3, 0.4) is 0 Å². The Morgan fingerprint density at radius 1 is 1.32 bits per heavy atom. The van der Waals surface area contributed by atoms with Crippen LogP contribution in [0, 0.1) is 0 Å². The third-order valence-electron chi connectivity index (χ3n) is 3.82. The van der Waals surface area contributed by atoms with Crippen LogP contribution < -0.4 is 10.9 Å². The second-order valence-electron chi connectivity index (χ2n) is 5.49. The van der Waals surface area contributed by atoms with E-state index in [0.717, 1.165) is 18.7 Å². The summed E-state index contributed by atoms with van der Waals surface area (Å²) in [5.74, 6) is 0. The molecule has 1 aromatic heterocycles. The molecular weight excluding hydrogens is 238 g/mol. The minimum Gasteiger partial charge on any atom is -0.381 e.